The van der Waals surface area contributed by atoms with E-state index in [4.69, 9.17) is 11.6 Å². The second-order valence-corrected chi connectivity index (χ2v) is 6.31. The molecule has 0 atom stereocenters. The standard InChI is InChI=1S/C14H17ClN2S/c15-9-14-16-12-3-1-2-4-13(12)17(14)10-11-5-7-18-8-6-11/h1-4,11H,5-10H2. The summed E-state index contributed by atoms with van der Waals surface area (Å²) in [7, 11) is 0. The van der Waals surface area contributed by atoms with E-state index in [0.717, 1.165) is 23.8 Å². The van der Waals surface area contributed by atoms with Gasteiger partial charge in [0.05, 0.1) is 16.9 Å². The van der Waals surface area contributed by atoms with Crippen LogP contribution in [0.25, 0.3) is 11.0 Å². The quantitative estimate of drug-likeness (QED) is 0.793. The Kier molecular flexibility index (Phi) is 3.80. The molecule has 1 aliphatic heterocycles. The minimum absolute atomic E-state index is 0.496. The number of fused-ring (bicyclic) bond motifs is 1. The maximum atomic E-state index is 6.03. The molecule has 1 aromatic carbocycles. The highest BCUT2D eigenvalue weighted by molar-refractivity contribution is 7.99. The number of halogens is 1. The number of aromatic nitrogens is 2. The van der Waals surface area contributed by atoms with Gasteiger partial charge in [-0.2, -0.15) is 11.8 Å². The summed E-state index contributed by atoms with van der Waals surface area (Å²) in [5.41, 5.74) is 2.30. The van der Waals surface area contributed by atoms with Crippen molar-refractivity contribution >= 4 is 34.4 Å². The van der Waals surface area contributed by atoms with Crippen LogP contribution in [0.15, 0.2) is 24.3 Å². The largest absolute Gasteiger partial charge is 0.327 e. The van der Waals surface area contributed by atoms with E-state index in [1.807, 2.05) is 6.07 Å². The van der Waals surface area contributed by atoms with Crippen molar-refractivity contribution in [3.63, 3.8) is 0 Å². The van der Waals surface area contributed by atoms with Crippen molar-refractivity contribution in [1.29, 1.82) is 0 Å². The van der Waals surface area contributed by atoms with Gasteiger partial charge in [0.25, 0.3) is 0 Å². The molecule has 0 aliphatic carbocycles. The van der Waals surface area contributed by atoms with Gasteiger partial charge in [0.1, 0.15) is 5.82 Å². The first-order valence-corrected chi connectivity index (χ1v) is 8.15. The zero-order valence-electron chi connectivity index (χ0n) is 10.3. The fraction of sp³-hybridized carbons (Fsp3) is 0.500. The van der Waals surface area contributed by atoms with E-state index < -0.39 is 0 Å². The fourth-order valence-electron chi connectivity index (χ4n) is 2.62. The van der Waals surface area contributed by atoms with Crippen molar-refractivity contribution in [3.8, 4) is 0 Å². The number of benzene rings is 1. The molecule has 0 unspecified atom stereocenters. The van der Waals surface area contributed by atoms with Crippen LogP contribution in [0.5, 0.6) is 0 Å². The molecule has 96 valence electrons. The molecule has 1 fully saturated rings. The highest BCUT2D eigenvalue weighted by Gasteiger charge is 2.17. The molecular formula is C14H17ClN2S. The monoisotopic (exact) mass is 280 g/mol. The summed E-state index contributed by atoms with van der Waals surface area (Å²) in [5, 5.41) is 0. The van der Waals surface area contributed by atoms with Gasteiger partial charge < -0.3 is 4.57 Å². The first-order chi connectivity index (χ1) is 8.88. The van der Waals surface area contributed by atoms with Crippen LogP contribution in [0, 0.1) is 5.92 Å². The lowest BCUT2D eigenvalue weighted by Gasteiger charge is -2.22. The Bertz CT molecular complexity index is 532. The summed E-state index contributed by atoms with van der Waals surface area (Å²) in [5.74, 6) is 4.89. The van der Waals surface area contributed by atoms with Gasteiger partial charge >= 0.3 is 0 Å². The number of hydrogen-bond acceptors (Lipinski definition) is 2. The van der Waals surface area contributed by atoms with Crippen molar-refractivity contribution < 1.29 is 0 Å². The van der Waals surface area contributed by atoms with Gasteiger partial charge in [0, 0.05) is 6.54 Å². The van der Waals surface area contributed by atoms with Crippen LogP contribution >= 0.6 is 23.4 Å². The normalized spacial score (nSPS) is 17.4. The highest BCUT2D eigenvalue weighted by Crippen LogP contribution is 2.26. The van der Waals surface area contributed by atoms with Crippen LogP contribution in [-0.2, 0) is 12.4 Å². The van der Waals surface area contributed by atoms with E-state index >= 15 is 0 Å². The second-order valence-electron chi connectivity index (χ2n) is 4.82. The molecule has 0 spiro atoms. The third kappa shape index (κ3) is 2.39. The predicted molar refractivity (Wildman–Crippen MR) is 79.3 cm³/mol. The maximum Gasteiger partial charge on any atom is 0.124 e. The third-order valence-electron chi connectivity index (χ3n) is 3.63. The smallest absolute Gasteiger partial charge is 0.124 e. The summed E-state index contributed by atoms with van der Waals surface area (Å²) < 4.78 is 2.32. The lowest BCUT2D eigenvalue weighted by Crippen LogP contribution is -2.17. The Morgan fingerprint density at radius 2 is 2.06 bits per heavy atom. The van der Waals surface area contributed by atoms with Crippen molar-refractivity contribution in [1.82, 2.24) is 9.55 Å². The van der Waals surface area contributed by atoms with Crippen molar-refractivity contribution in [2.75, 3.05) is 11.5 Å². The zero-order valence-corrected chi connectivity index (χ0v) is 11.9. The zero-order chi connectivity index (χ0) is 12.4. The number of hydrogen-bond donors (Lipinski definition) is 0. The average molecular weight is 281 g/mol. The summed E-state index contributed by atoms with van der Waals surface area (Å²) in [6, 6.07) is 8.33. The number of alkyl halides is 1. The third-order valence-corrected chi connectivity index (χ3v) is 4.92. The molecule has 0 amide bonds. The molecule has 1 aromatic heterocycles. The van der Waals surface area contributed by atoms with Gasteiger partial charge in [0.15, 0.2) is 0 Å². The Morgan fingerprint density at radius 3 is 2.83 bits per heavy atom. The first kappa shape index (κ1) is 12.4. The molecule has 18 heavy (non-hydrogen) atoms. The SMILES string of the molecule is ClCc1nc2ccccc2n1CC1CCSCC1. The van der Waals surface area contributed by atoms with Crippen LogP contribution in [0.2, 0.25) is 0 Å². The molecule has 2 aromatic rings. The van der Waals surface area contributed by atoms with Crippen molar-refractivity contribution in [2.45, 2.75) is 25.3 Å². The summed E-state index contributed by atoms with van der Waals surface area (Å²) in [4.78, 5) is 4.62. The molecule has 4 heteroatoms. The number of thioether (sulfide) groups is 1. The second kappa shape index (κ2) is 5.54. The molecule has 1 saturated heterocycles. The Balaban J connectivity index is 1.93. The van der Waals surface area contributed by atoms with E-state index in [9.17, 15) is 0 Å². The number of nitrogens with zero attached hydrogens (tertiary/aromatic N) is 2. The van der Waals surface area contributed by atoms with Gasteiger partial charge in [-0.05, 0) is 42.4 Å². The highest BCUT2D eigenvalue weighted by atomic mass is 35.5. The molecule has 0 radical (unpaired) electrons. The molecule has 2 nitrogen and oxygen atoms in total. The Labute approximate surface area is 117 Å². The Hall–Kier alpha value is -0.670. The number of para-hydroxylation sites is 2. The van der Waals surface area contributed by atoms with Crippen LogP contribution in [-0.4, -0.2) is 21.1 Å². The lowest BCUT2D eigenvalue weighted by atomic mass is 10.0. The van der Waals surface area contributed by atoms with E-state index in [0.29, 0.717) is 5.88 Å². The van der Waals surface area contributed by atoms with Crippen LogP contribution in [0.1, 0.15) is 18.7 Å². The van der Waals surface area contributed by atoms with Gasteiger partial charge in [0.2, 0.25) is 0 Å². The van der Waals surface area contributed by atoms with E-state index in [1.54, 1.807) is 0 Å². The van der Waals surface area contributed by atoms with Crippen LogP contribution < -0.4 is 0 Å². The van der Waals surface area contributed by atoms with Gasteiger partial charge in [-0.3, -0.25) is 0 Å². The molecule has 3 rings (SSSR count). The van der Waals surface area contributed by atoms with Crippen LogP contribution in [0.4, 0.5) is 0 Å². The minimum atomic E-state index is 0.496. The lowest BCUT2D eigenvalue weighted by molar-refractivity contribution is 0.417. The van der Waals surface area contributed by atoms with Crippen molar-refractivity contribution in [2.24, 2.45) is 5.92 Å². The molecular weight excluding hydrogens is 264 g/mol. The number of imidazole rings is 1. The molecule has 1 aliphatic rings. The Morgan fingerprint density at radius 1 is 1.28 bits per heavy atom. The fourth-order valence-corrected chi connectivity index (χ4v) is 4.03. The average Bonchev–Trinajstić information content (AvgIpc) is 2.78. The molecule has 0 N–H and O–H groups in total. The number of rotatable bonds is 3. The summed E-state index contributed by atoms with van der Waals surface area (Å²) >= 11 is 8.11. The summed E-state index contributed by atoms with van der Waals surface area (Å²) in [6.45, 7) is 1.07. The minimum Gasteiger partial charge on any atom is -0.327 e. The van der Waals surface area contributed by atoms with Gasteiger partial charge in [-0.15, -0.1) is 11.6 Å². The van der Waals surface area contributed by atoms with E-state index in [-0.39, 0.29) is 0 Å². The topological polar surface area (TPSA) is 17.8 Å². The molecule has 0 saturated carbocycles. The predicted octanol–water partition coefficient (Wildman–Crippen LogP) is 3.92. The molecule has 2 heterocycles. The van der Waals surface area contributed by atoms with Gasteiger partial charge in [-0.25, -0.2) is 4.98 Å². The van der Waals surface area contributed by atoms with E-state index in [2.05, 4.69) is 39.5 Å². The molecule has 0 bridgehead atoms. The summed E-state index contributed by atoms with van der Waals surface area (Å²) in [6.07, 6.45) is 2.64. The van der Waals surface area contributed by atoms with Crippen molar-refractivity contribution in [3.05, 3.63) is 30.1 Å². The van der Waals surface area contributed by atoms with Crippen LogP contribution in [0.3, 0.4) is 0 Å². The van der Waals surface area contributed by atoms with Gasteiger partial charge in [-0.1, -0.05) is 12.1 Å². The first-order valence-electron chi connectivity index (χ1n) is 6.46. The maximum absolute atomic E-state index is 6.03. The van der Waals surface area contributed by atoms with E-state index in [1.165, 1.54) is 29.9 Å².